The third-order valence-electron chi connectivity index (χ3n) is 3.71. The molecule has 0 aliphatic carbocycles. The van der Waals surface area contributed by atoms with Crippen molar-refractivity contribution in [2.75, 3.05) is 4.72 Å². The Morgan fingerprint density at radius 1 is 1.20 bits per heavy atom. The molecule has 0 aliphatic heterocycles. The van der Waals surface area contributed by atoms with Crippen molar-refractivity contribution in [2.24, 2.45) is 0 Å². The Labute approximate surface area is 143 Å². The molecule has 2 aromatic carbocycles. The van der Waals surface area contributed by atoms with Gasteiger partial charge in [0.25, 0.3) is 10.0 Å². The Bertz CT molecular complexity index is 1090. The minimum atomic E-state index is -4.21. The zero-order chi connectivity index (χ0) is 18.2. The summed E-state index contributed by atoms with van der Waals surface area (Å²) < 4.78 is 41.7. The minimum Gasteiger partial charge on any atom is -0.478 e. The van der Waals surface area contributed by atoms with Crippen molar-refractivity contribution in [3.8, 4) is 0 Å². The van der Waals surface area contributed by atoms with Crippen LogP contribution < -0.4 is 4.72 Å². The number of aromatic nitrogens is 1. The van der Waals surface area contributed by atoms with Gasteiger partial charge in [0.1, 0.15) is 5.82 Å². The van der Waals surface area contributed by atoms with Crippen molar-refractivity contribution in [3.63, 3.8) is 0 Å². The van der Waals surface area contributed by atoms with Gasteiger partial charge in [0.2, 0.25) is 0 Å². The van der Waals surface area contributed by atoms with E-state index in [2.05, 4.69) is 9.71 Å². The fourth-order valence-corrected chi connectivity index (χ4v) is 3.79. The average Bonchev–Trinajstić information content (AvgIpc) is 2.57. The lowest BCUT2D eigenvalue weighted by atomic mass is 10.1. The molecule has 1 heterocycles. The smallest absolute Gasteiger partial charge is 0.335 e. The second-order valence-corrected chi connectivity index (χ2v) is 7.02. The van der Waals surface area contributed by atoms with Crippen LogP contribution in [0, 0.1) is 12.7 Å². The molecule has 2 N–H and O–H groups in total. The first-order valence-electron chi connectivity index (χ1n) is 7.19. The van der Waals surface area contributed by atoms with E-state index < -0.39 is 32.3 Å². The van der Waals surface area contributed by atoms with Gasteiger partial charge in [-0.2, -0.15) is 0 Å². The molecule has 3 rings (SSSR count). The number of anilines is 1. The van der Waals surface area contributed by atoms with Gasteiger partial charge in [-0.25, -0.2) is 17.6 Å². The van der Waals surface area contributed by atoms with Gasteiger partial charge in [0.15, 0.2) is 0 Å². The molecule has 25 heavy (non-hydrogen) atoms. The Kier molecular flexibility index (Phi) is 4.13. The van der Waals surface area contributed by atoms with Crippen LogP contribution in [0.3, 0.4) is 0 Å². The van der Waals surface area contributed by atoms with Crippen molar-refractivity contribution in [3.05, 3.63) is 65.6 Å². The molecule has 8 heteroatoms. The number of fused-ring (bicyclic) bond motifs is 1. The van der Waals surface area contributed by atoms with Gasteiger partial charge in [-0.15, -0.1) is 0 Å². The van der Waals surface area contributed by atoms with E-state index in [0.29, 0.717) is 5.52 Å². The highest BCUT2D eigenvalue weighted by molar-refractivity contribution is 7.92. The first-order chi connectivity index (χ1) is 11.8. The monoisotopic (exact) mass is 360 g/mol. The fraction of sp³-hybridized carbons (Fsp3) is 0.0588. The summed E-state index contributed by atoms with van der Waals surface area (Å²) in [4.78, 5) is 14.8. The number of rotatable bonds is 4. The Balaban J connectivity index is 2.13. The number of para-hydroxylation sites is 1. The zero-order valence-electron chi connectivity index (χ0n) is 13.0. The minimum absolute atomic E-state index is 0.161. The van der Waals surface area contributed by atoms with Crippen LogP contribution in [0.25, 0.3) is 10.9 Å². The third-order valence-corrected chi connectivity index (χ3v) is 5.20. The van der Waals surface area contributed by atoms with Crippen LogP contribution in [0.15, 0.2) is 53.6 Å². The van der Waals surface area contributed by atoms with E-state index in [1.165, 1.54) is 19.2 Å². The topological polar surface area (TPSA) is 96.4 Å². The number of sulfonamides is 1. The van der Waals surface area contributed by atoms with Gasteiger partial charge < -0.3 is 5.11 Å². The highest BCUT2D eigenvalue weighted by Crippen LogP contribution is 2.26. The van der Waals surface area contributed by atoms with Gasteiger partial charge in [-0.05, 0) is 31.2 Å². The predicted molar refractivity (Wildman–Crippen MR) is 90.6 cm³/mol. The first-order valence-corrected chi connectivity index (χ1v) is 8.68. The van der Waals surface area contributed by atoms with Crippen molar-refractivity contribution >= 4 is 32.6 Å². The summed E-state index contributed by atoms with van der Waals surface area (Å²) >= 11 is 0. The number of aromatic carboxylic acids is 1. The van der Waals surface area contributed by atoms with Gasteiger partial charge >= 0.3 is 5.97 Å². The summed E-state index contributed by atoms with van der Waals surface area (Å²) in [6.07, 6.45) is 1.52. The van der Waals surface area contributed by atoms with E-state index in [0.717, 1.165) is 17.5 Å². The summed E-state index contributed by atoms with van der Waals surface area (Å²) in [6.45, 7) is 1.27. The number of carboxylic acids is 1. The number of hydrogen-bond donors (Lipinski definition) is 2. The van der Waals surface area contributed by atoms with E-state index in [1.807, 2.05) is 0 Å². The summed E-state index contributed by atoms with van der Waals surface area (Å²) in [5, 5.41) is 9.76. The van der Waals surface area contributed by atoms with Crippen LogP contribution in [0.2, 0.25) is 0 Å². The van der Waals surface area contributed by atoms with E-state index in [-0.39, 0.29) is 11.3 Å². The van der Waals surface area contributed by atoms with Crippen molar-refractivity contribution in [1.82, 2.24) is 4.98 Å². The quantitative estimate of drug-likeness (QED) is 0.745. The number of nitrogens with one attached hydrogen (secondary N) is 1. The lowest BCUT2D eigenvalue weighted by molar-refractivity contribution is 0.0696. The SMILES string of the molecule is Cc1c(F)cc(C(=O)O)cc1S(=O)(=O)Nc1cccc2cccnc12. The molecule has 1 aromatic heterocycles. The lowest BCUT2D eigenvalue weighted by Crippen LogP contribution is -2.16. The van der Waals surface area contributed by atoms with Crippen LogP contribution >= 0.6 is 0 Å². The van der Waals surface area contributed by atoms with Gasteiger partial charge in [-0.3, -0.25) is 9.71 Å². The molecule has 0 fully saturated rings. The number of nitrogens with zero attached hydrogens (tertiary/aromatic N) is 1. The number of carbonyl (C=O) groups is 1. The van der Waals surface area contributed by atoms with E-state index in [1.54, 1.807) is 24.3 Å². The van der Waals surface area contributed by atoms with E-state index in [4.69, 9.17) is 5.11 Å². The van der Waals surface area contributed by atoms with Crippen LogP contribution in [0.1, 0.15) is 15.9 Å². The van der Waals surface area contributed by atoms with Crippen LogP contribution in [-0.4, -0.2) is 24.5 Å². The molecule has 0 bridgehead atoms. The van der Waals surface area contributed by atoms with Crippen molar-refractivity contribution in [1.29, 1.82) is 0 Å². The normalized spacial score (nSPS) is 11.4. The maximum absolute atomic E-state index is 14.0. The average molecular weight is 360 g/mol. The predicted octanol–water partition coefficient (Wildman–Crippen LogP) is 3.18. The molecule has 0 aliphatic rings. The van der Waals surface area contributed by atoms with Crippen LogP contribution in [0.5, 0.6) is 0 Å². The molecule has 0 saturated heterocycles. The highest BCUT2D eigenvalue weighted by Gasteiger charge is 2.23. The summed E-state index contributed by atoms with van der Waals surface area (Å²) in [5.41, 5.74) is 0.0462. The Hall–Kier alpha value is -3.00. The largest absolute Gasteiger partial charge is 0.478 e. The maximum atomic E-state index is 14.0. The second kappa shape index (κ2) is 6.14. The third kappa shape index (κ3) is 3.16. The molecule has 0 saturated carbocycles. The van der Waals surface area contributed by atoms with E-state index in [9.17, 15) is 17.6 Å². The summed E-state index contributed by atoms with van der Waals surface area (Å²) in [6, 6.07) is 10.2. The molecule has 0 spiro atoms. The molecule has 0 amide bonds. The van der Waals surface area contributed by atoms with Crippen LogP contribution in [0.4, 0.5) is 10.1 Å². The number of pyridine rings is 1. The molecule has 3 aromatic rings. The number of halogens is 1. The molecule has 0 radical (unpaired) electrons. The van der Waals surface area contributed by atoms with Crippen molar-refractivity contribution < 1.29 is 22.7 Å². The molecule has 6 nitrogen and oxygen atoms in total. The second-order valence-electron chi connectivity index (χ2n) is 5.37. The molecule has 128 valence electrons. The molecular weight excluding hydrogens is 347 g/mol. The van der Waals surface area contributed by atoms with Gasteiger partial charge in [0, 0.05) is 17.1 Å². The standard InChI is InChI=1S/C17H13FN2O4S/c1-10-13(18)8-12(17(21)22)9-15(10)25(23,24)20-14-6-2-4-11-5-3-7-19-16(11)14/h2-9,20H,1H3,(H,21,22). The summed E-state index contributed by atoms with van der Waals surface area (Å²) in [5.74, 6) is -2.32. The fourth-order valence-electron chi connectivity index (χ4n) is 2.44. The lowest BCUT2D eigenvalue weighted by Gasteiger charge is -2.13. The van der Waals surface area contributed by atoms with Crippen LogP contribution in [-0.2, 0) is 10.0 Å². The molecule has 0 atom stereocenters. The maximum Gasteiger partial charge on any atom is 0.335 e. The zero-order valence-corrected chi connectivity index (χ0v) is 13.8. The Morgan fingerprint density at radius 3 is 2.64 bits per heavy atom. The molecule has 0 unspecified atom stereocenters. The van der Waals surface area contributed by atoms with E-state index >= 15 is 0 Å². The van der Waals surface area contributed by atoms with Crippen molar-refractivity contribution in [2.45, 2.75) is 11.8 Å². The number of benzene rings is 2. The van der Waals surface area contributed by atoms with Gasteiger partial charge in [-0.1, -0.05) is 18.2 Å². The molecular formula is C17H13FN2O4S. The first kappa shape index (κ1) is 16.8. The Morgan fingerprint density at radius 2 is 1.92 bits per heavy atom. The number of hydrogen-bond acceptors (Lipinski definition) is 4. The highest BCUT2D eigenvalue weighted by atomic mass is 32.2. The van der Waals surface area contributed by atoms with Gasteiger partial charge in [0.05, 0.1) is 21.7 Å². The summed E-state index contributed by atoms with van der Waals surface area (Å²) in [7, 11) is -4.21. The number of carboxylic acid groups (broad SMARTS) is 1.